The van der Waals surface area contributed by atoms with Crippen molar-refractivity contribution >= 4 is 33.4 Å². The summed E-state index contributed by atoms with van der Waals surface area (Å²) >= 11 is 1.69. The molecule has 1 N–H and O–H groups in total. The Bertz CT molecular complexity index is 779. The lowest BCUT2D eigenvalue weighted by Crippen LogP contribution is -2.52. The standard InChI is InChI=1S/C21H31N5O2S/c1-3-26(4-2)21(28)16-25-13-11-24(12-14-25)15-19(27)22-10-9-20-23-17-7-5-6-8-18(17)29-20/h5-8H,3-4,9-16H2,1-2H3,(H,22,27). The molecule has 158 valence electrons. The predicted octanol–water partition coefficient (Wildman–Crippen LogP) is 1.44. The van der Waals surface area contributed by atoms with Crippen LogP contribution in [0.25, 0.3) is 10.2 Å². The Morgan fingerprint density at radius 3 is 2.38 bits per heavy atom. The van der Waals surface area contributed by atoms with Crippen LogP contribution in [0.5, 0.6) is 0 Å². The number of aromatic nitrogens is 1. The average Bonchev–Trinajstić information content (AvgIpc) is 3.13. The van der Waals surface area contributed by atoms with E-state index in [1.54, 1.807) is 11.3 Å². The summed E-state index contributed by atoms with van der Waals surface area (Å²) in [6, 6.07) is 8.10. The van der Waals surface area contributed by atoms with Crippen LogP contribution in [0.3, 0.4) is 0 Å². The summed E-state index contributed by atoms with van der Waals surface area (Å²) in [5, 5.41) is 4.06. The van der Waals surface area contributed by atoms with E-state index >= 15 is 0 Å². The van der Waals surface area contributed by atoms with E-state index in [0.717, 1.165) is 56.2 Å². The van der Waals surface area contributed by atoms with Gasteiger partial charge in [0.25, 0.3) is 0 Å². The number of carbonyl (C=O) groups is 2. The Kier molecular flexibility index (Phi) is 7.97. The molecular weight excluding hydrogens is 386 g/mol. The molecule has 2 heterocycles. The molecule has 0 spiro atoms. The van der Waals surface area contributed by atoms with Crippen LogP contribution in [0.1, 0.15) is 18.9 Å². The van der Waals surface area contributed by atoms with E-state index in [9.17, 15) is 9.59 Å². The number of nitrogens with one attached hydrogen (secondary N) is 1. The molecule has 3 rings (SSSR count). The highest BCUT2D eigenvalue weighted by molar-refractivity contribution is 7.18. The number of amides is 2. The van der Waals surface area contributed by atoms with E-state index in [1.165, 1.54) is 4.70 Å². The Balaban J connectivity index is 1.33. The van der Waals surface area contributed by atoms with Crippen LogP contribution in [0.2, 0.25) is 0 Å². The minimum absolute atomic E-state index is 0.0544. The van der Waals surface area contributed by atoms with Gasteiger partial charge in [0.15, 0.2) is 0 Å². The first kappa shape index (κ1) is 21.7. The molecule has 2 amide bonds. The molecule has 1 fully saturated rings. The fourth-order valence-corrected chi connectivity index (χ4v) is 4.53. The molecule has 0 aliphatic carbocycles. The number of hydrogen-bond acceptors (Lipinski definition) is 6. The molecule has 0 bridgehead atoms. The highest BCUT2D eigenvalue weighted by atomic mass is 32.1. The number of hydrogen-bond donors (Lipinski definition) is 1. The van der Waals surface area contributed by atoms with Crippen LogP contribution < -0.4 is 5.32 Å². The lowest BCUT2D eigenvalue weighted by atomic mass is 10.3. The van der Waals surface area contributed by atoms with Gasteiger partial charge in [0.1, 0.15) is 0 Å². The van der Waals surface area contributed by atoms with Crippen molar-refractivity contribution in [3.05, 3.63) is 29.3 Å². The maximum absolute atomic E-state index is 12.3. The van der Waals surface area contributed by atoms with Gasteiger partial charge in [0.05, 0.1) is 28.3 Å². The van der Waals surface area contributed by atoms with Crippen molar-refractivity contribution in [3.8, 4) is 0 Å². The molecular formula is C21H31N5O2S. The topological polar surface area (TPSA) is 68.8 Å². The van der Waals surface area contributed by atoms with E-state index in [2.05, 4.69) is 26.2 Å². The molecule has 0 radical (unpaired) electrons. The summed E-state index contributed by atoms with van der Waals surface area (Å²) in [6.45, 7) is 10.3. The molecule has 1 aliphatic rings. The van der Waals surface area contributed by atoms with E-state index < -0.39 is 0 Å². The van der Waals surface area contributed by atoms with Crippen LogP contribution in [-0.4, -0.2) is 90.4 Å². The van der Waals surface area contributed by atoms with Gasteiger partial charge in [-0.25, -0.2) is 4.98 Å². The van der Waals surface area contributed by atoms with Gasteiger partial charge < -0.3 is 10.2 Å². The second-order valence-corrected chi connectivity index (χ2v) is 8.41. The molecule has 1 aromatic carbocycles. The minimum atomic E-state index is 0.0544. The quantitative estimate of drug-likeness (QED) is 0.669. The van der Waals surface area contributed by atoms with Crippen molar-refractivity contribution in [2.24, 2.45) is 0 Å². The Labute approximate surface area is 176 Å². The molecule has 1 saturated heterocycles. The van der Waals surface area contributed by atoms with Crippen LogP contribution >= 0.6 is 11.3 Å². The first-order valence-corrected chi connectivity index (χ1v) is 11.2. The van der Waals surface area contributed by atoms with Gasteiger partial charge in [0, 0.05) is 52.2 Å². The fraction of sp³-hybridized carbons (Fsp3) is 0.571. The molecule has 0 atom stereocenters. The molecule has 0 unspecified atom stereocenters. The van der Waals surface area contributed by atoms with Crippen molar-refractivity contribution in [1.82, 2.24) is 25.0 Å². The highest BCUT2D eigenvalue weighted by Gasteiger charge is 2.21. The first-order valence-electron chi connectivity index (χ1n) is 10.4. The third-order valence-electron chi connectivity index (χ3n) is 5.31. The lowest BCUT2D eigenvalue weighted by Gasteiger charge is -2.34. The number of likely N-dealkylation sites (N-methyl/N-ethyl adjacent to an activating group) is 1. The smallest absolute Gasteiger partial charge is 0.236 e. The van der Waals surface area contributed by atoms with Crippen molar-refractivity contribution in [2.75, 3.05) is 58.9 Å². The maximum Gasteiger partial charge on any atom is 0.236 e. The average molecular weight is 418 g/mol. The second kappa shape index (κ2) is 10.7. The molecule has 7 nitrogen and oxygen atoms in total. The van der Waals surface area contributed by atoms with Crippen molar-refractivity contribution in [1.29, 1.82) is 0 Å². The SMILES string of the molecule is CCN(CC)C(=O)CN1CCN(CC(=O)NCCc2nc3ccccc3s2)CC1. The lowest BCUT2D eigenvalue weighted by molar-refractivity contribution is -0.133. The summed E-state index contributed by atoms with van der Waals surface area (Å²) < 4.78 is 1.19. The molecule has 8 heteroatoms. The zero-order chi connectivity index (χ0) is 20.6. The van der Waals surface area contributed by atoms with Gasteiger partial charge in [-0.05, 0) is 26.0 Å². The fourth-order valence-electron chi connectivity index (χ4n) is 3.57. The van der Waals surface area contributed by atoms with Gasteiger partial charge in [-0.15, -0.1) is 11.3 Å². The Morgan fingerprint density at radius 1 is 1.07 bits per heavy atom. The monoisotopic (exact) mass is 417 g/mol. The van der Waals surface area contributed by atoms with E-state index in [0.29, 0.717) is 19.6 Å². The van der Waals surface area contributed by atoms with Crippen molar-refractivity contribution in [3.63, 3.8) is 0 Å². The number of rotatable bonds is 9. The predicted molar refractivity (Wildman–Crippen MR) is 117 cm³/mol. The van der Waals surface area contributed by atoms with E-state index in [1.807, 2.05) is 36.9 Å². The van der Waals surface area contributed by atoms with Gasteiger partial charge >= 0.3 is 0 Å². The van der Waals surface area contributed by atoms with Crippen molar-refractivity contribution in [2.45, 2.75) is 20.3 Å². The number of para-hydroxylation sites is 1. The number of fused-ring (bicyclic) bond motifs is 1. The number of carbonyl (C=O) groups excluding carboxylic acids is 2. The summed E-state index contributed by atoms with van der Waals surface area (Å²) in [4.78, 5) is 35.3. The zero-order valence-electron chi connectivity index (χ0n) is 17.4. The van der Waals surface area contributed by atoms with Crippen LogP contribution in [0.15, 0.2) is 24.3 Å². The number of nitrogens with zero attached hydrogens (tertiary/aromatic N) is 4. The molecule has 0 saturated carbocycles. The van der Waals surface area contributed by atoms with Crippen LogP contribution in [0, 0.1) is 0 Å². The summed E-state index contributed by atoms with van der Waals surface area (Å²) in [5.74, 6) is 0.245. The zero-order valence-corrected chi connectivity index (χ0v) is 18.2. The van der Waals surface area contributed by atoms with Crippen molar-refractivity contribution < 1.29 is 9.59 Å². The summed E-state index contributed by atoms with van der Waals surface area (Å²) in [6.07, 6.45) is 0.756. The number of piperazine rings is 1. The molecule has 1 aliphatic heterocycles. The van der Waals surface area contributed by atoms with Gasteiger partial charge in [-0.1, -0.05) is 12.1 Å². The maximum atomic E-state index is 12.3. The third-order valence-corrected chi connectivity index (χ3v) is 6.40. The van der Waals surface area contributed by atoms with Crippen LogP contribution in [-0.2, 0) is 16.0 Å². The van der Waals surface area contributed by atoms with Gasteiger partial charge in [-0.2, -0.15) is 0 Å². The number of thiazole rings is 1. The van der Waals surface area contributed by atoms with Gasteiger partial charge in [0.2, 0.25) is 11.8 Å². The Hall–Kier alpha value is -2.03. The normalized spacial score (nSPS) is 15.5. The highest BCUT2D eigenvalue weighted by Crippen LogP contribution is 2.21. The summed E-state index contributed by atoms with van der Waals surface area (Å²) in [7, 11) is 0. The Morgan fingerprint density at radius 2 is 1.72 bits per heavy atom. The molecule has 29 heavy (non-hydrogen) atoms. The minimum Gasteiger partial charge on any atom is -0.355 e. The van der Waals surface area contributed by atoms with E-state index in [-0.39, 0.29) is 11.8 Å². The second-order valence-electron chi connectivity index (χ2n) is 7.29. The third kappa shape index (κ3) is 6.22. The number of benzene rings is 1. The molecule has 2 aromatic rings. The van der Waals surface area contributed by atoms with Gasteiger partial charge in [-0.3, -0.25) is 19.4 Å². The van der Waals surface area contributed by atoms with Crippen LogP contribution in [0.4, 0.5) is 0 Å². The summed E-state index contributed by atoms with van der Waals surface area (Å²) in [5.41, 5.74) is 1.02. The first-order chi connectivity index (χ1) is 14.1. The largest absolute Gasteiger partial charge is 0.355 e. The van der Waals surface area contributed by atoms with E-state index in [4.69, 9.17) is 0 Å². The molecule has 1 aromatic heterocycles.